The highest BCUT2D eigenvalue weighted by molar-refractivity contribution is 7.99. The van der Waals surface area contributed by atoms with Crippen LogP contribution in [0.2, 0.25) is 0 Å². The quantitative estimate of drug-likeness (QED) is 0.873. The molecule has 1 saturated heterocycles. The third-order valence-electron chi connectivity index (χ3n) is 3.87. The Morgan fingerprint density at radius 1 is 1.28 bits per heavy atom. The second-order valence-electron chi connectivity index (χ2n) is 5.86. The van der Waals surface area contributed by atoms with Gasteiger partial charge in [0.05, 0.1) is 5.56 Å². The largest absolute Gasteiger partial charge is 0.322 e. The predicted molar refractivity (Wildman–Crippen MR) is 98.4 cm³/mol. The molecule has 2 heterocycles. The van der Waals surface area contributed by atoms with Gasteiger partial charge in [0.1, 0.15) is 0 Å². The molecule has 0 spiro atoms. The highest BCUT2D eigenvalue weighted by Gasteiger charge is 2.33. The van der Waals surface area contributed by atoms with Gasteiger partial charge >= 0.3 is 0 Å². The van der Waals surface area contributed by atoms with Gasteiger partial charge in [-0.3, -0.25) is 9.48 Å². The number of carbonyl (C=O) groups is 1. The molecule has 25 heavy (non-hydrogen) atoms. The maximum absolute atomic E-state index is 12.9. The molecule has 0 bridgehead atoms. The zero-order valence-corrected chi connectivity index (χ0v) is 15.7. The molecule has 1 N–H and O–H groups in total. The molecule has 1 aromatic heterocycles. The topological polar surface area (TPSA) is 84.3 Å². The Hall–Kier alpha value is -1.84. The van der Waals surface area contributed by atoms with Gasteiger partial charge in [-0.1, -0.05) is 12.1 Å². The van der Waals surface area contributed by atoms with Crippen LogP contribution in [0.25, 0.3) is 0 Å². The average molecular weight is 380 g/mol. The lowest BCUT2D eigenvalue weighted by molar-refractivity contribution is 0.102. The number of nitrogens with one attached hydrogen (secondary N) is 1. The fraction of sp³-hybridized carbons (Fsp3) is 0.375. The summed E-state index contributed by atoms with van der Waals surface area (Å²) in [5, 5.41) is 6.62. The van der Waals surface area contributed by atoms with Gasteiger partial charge in [0.25, 0.3) is 15.9 Å². The minimum Gasteiger partial charge on any atom is -0.322 e. The van der Waals surface area contributed by atoms with E-state index in [2.05, 4.69) is 10.4 Å². The van der Waals surface area contributed by atoms with E-state index in [1.165, 1.54) is 15.2 Å². The number of anilines is 1. The summed E-state index contributed by atoms with van der Waals surface area (Å²) in [5.41, 5.74) is 1.68. The Morgan fingerprint density at radius 3 is 2.68 bits per heavy atom. The standard InChI is InChI=1S/C16H20N4O3S2/c1-12-4-3-5-13(10-12)17-15(21)14-11-19(2)18-16(14)25(22,23)20-6-8-24-9-7-20/h3-5,10-11H,6-9H2,1-2H3,(H,17,21). The number of rotatable bonds is 4. The van der Waals surface area contributed by atoms with Crippen LogP contribution in [0.15, 0.2) is 35.5 Å². The summed E-state index contributed by atoms with van der Waals surface area (Å²) in [6.07, 6.45) is 1.44. The first-order valence-electron chi connectivity index (χ1n) is 7.87. The van der Waals surface area contributed by atoms with Gasteiger partial charge in [-0.05, 0) is 24.6 Å². The molecule has 2 aromatic rings. The number of benzene rings is 1. The monoisotopic (exact) mass is 380 g/mol. The Bertz CT molecular complexity index is 887. The molecule has 1 amide bonds. The van der Waals surface area contributed by atoms with Gasteiger partial charge in [-0.2, -0.15) is 21.2 Å². The molecule has 3 rings (SSSR count). The Balaban J connectivity index is 1.91. The van der Waals surface area contributed by atoms with E-state index >= 15 is 0 Å². The van der Waals surface area contributed by atoms with Crippen LogP contribution in [0.4, 0.5) is 5.69 Å². The van der Waals surface area contributed by atoms with E-state index in [9.17, 15) is 13.2 Å². The number of hydrogen-bond acceptors (Lipinski definition) is 5. The van der Waals surface area contributed by atoms with Crippen molar-refractivity contribution in [3.8, 4) is 0 Å². The van der Waals surface area contributed by atoms with Crippen LogP contribution in [0.1, 0.15) is 15.9 Å². The lowest BCUT2D eigenvalue weighted by Crippen LogP contribution is -2.38. The molecule has 1 aliphatic rings. The van der Waals surface area contributed by atoms with Crippen molar-refractivity contribution in [2.24, 2.45) is 7.05 Å². The van der Waals surface area contributed by atoms with Gasteiger partial charge in [0.15, 0.2) is 0 Å². The summed E-state index contributed by atoms with van der Waals surface area (Å²) in [6.45, 7) is 2.79. The van der Waals surface area contributed by atoms with E-state index < -0.39 is 15.9 Å². The van der Waals surface area contributed by atoms with Gasteiger partial charge in [-0.15, -0.1) is 0 Å². The van der Waals surface area contributed by atoms with Crippen LogP contribution < -0.4 is 5.32 Å². The van der Waals surface area contributed by atoms with E-state index in [4.69, 9.17) is 0 Å². The number of hydrogen-bond donors (Lipinski definition) is 1. The average Bonchev–Trinajstić information content (AvgIpc) is 2.98. The summed E-state index contributed by atoms with van der Waals surface area (Å²) in [5.74, 6) is 1.01. The maximum atomic E-state index is 12.9. The number of carbonyl (C=O) groups excluding carboxylic acids is 1. The van der Waals surface area contributed by atoms with Crippen LogP contribution in [0.3, 0.4) is 0 Å². The summed E-state index contributed by atoms with van der Waals surface area (Å²) in [4.78, 5) is 12.6. The summed E-state index contributed by atoms with van der Waals surface area (Å²) in [7, 11) is -2.18. The first kappa shape index (κ1) is 18.0. The van der Waals surface area contributed by atoms with Crippen molar-refractivity contribution in [1.29, 1.82) is 0 Å². The number of thioether (sulfide) groups is 1. The van der Waals surface area contributed by atoms with Crippen molar-refractivity contribution in [1.82, 2.24) is 14.1 Å². The number of aryl methyl sites for hydroxylation is 2. The van der Waals surface area contributed by atoms with Crippen molar-refractivity contribution in [2.45, 2.75) is 11.9 Å². The maximum Gasteiger partial charge on any atom is 0.263 e. The van der Waals surface area contributed by atoms with Gasteiger partial charge < -0.3 is 5.32 Å². The van der Waals surface area contributed by atoms with E-state index in [1.54, 1.807) is 24.9 Å². The van der Waals surface area contributed by atoms with E-state index in [0.717, 1.165) is 17.1 Å². The molecular weight excluding hydrogens is 360 g/mol. The second kappa shape index (κ2) is 7.19. The van der Waals surface area contributed by atoms with Crippen molar-refractivity contribution < 1.29 is 13.2 Å². The fourth-order valence-electron chi connectivity index (χ4n) is 2.64. The van der Waals surface area contributed by atoms with Crippen molar-refractivity contribution in [2.75, 3.05) is 29.9 Å². The van der Waals surface area contributed by atoms with E-state index in [1.807, 2.05) is 25.1 Å². The smallest absolute Gasteiger partial charge is 0.263 e. The summed E-state index contributed by atoms with van der Waals surface area (Å²) < 4.78 is 28.5. The van der Waals surface area contributed by atoms with Crippen LogP contribution >= 0.6 is 11.8 Å². The lowest BCUT2D eigenvalue weighted by Gasteiger charge is -2.24. The number of sulfonamides is 1. The Labute approximate surface area is 151 Å². The molecule has 0 radical (unpaired) electrons. The zero-order chi connectivity index (χ0) is 18.0. The number of nitrogens with zero attached hydrogens (tertiary/aromatic N) is 3. The van der Waals surface area contributed by atoms with Crippen molar-refractivity contribution >= 4 is 33.4 Å². The van der Waals surface area contributed by atoms with Crippen LogP contribution in [-0.4, -0.2) is 53.0 Å². The second-order valence-corrected chi connectivity index (χ2v) is 8.94. The molecule has 1 aromatic carbocycles. The number of aromatic nitrogens is 2. The predicted octanol–water partition coefficient (Wildman–Crippen LogP) is 1.72. The molecule has 0 atom stereocenters. The molecule has 0 unspecified atom stereocenters. The Kier molecular flexibility index (Phi) is 5.16. The summed E-state index contributed by atoms with van der Waals surface area (Å²) >= 11 is 1.72. The van der Waals surface area contributed by atoms with Gasteiger partial charge in [0, 0.05) is 43.5 Å². The zero-order valence-electron chi connectivity index (χ0n) is 14.1. The molecule has 134 valence electrons. The lowest BCUT2D eigenvalue weighted by atomic mass is 10.2. The minimum absolute atomic E-state index is 0.0576. The highest BCUT2D eigenvalue weighted by Crippen LogP contribution is 2.23. The van der Waals surface area contributed by atoms with E-state index in [-0.39, 0.29) is 10.6 Å². The first-order valence-corrected chi connectivity index (χ1v) is 10.5. The molecule has 7 nitrogen and oxygen atoms in total. The minimum atomic E-state index is -3.79. The molecule has 9 heteroatoms. The third-order valence-corrected chi connectivity index (χ3v) is 6.65. The highest BCUT2D eigenvalue weighted by atomic mass is 32.2. The number of amides is 1. The third kappa shape index (κ3) is 3.88. The van der Waals surface area contributed by atoms with Crippen molar-refractivity contribution in [3.05, 3.63) is 41.6 Å². The van der Waals surface area contributed by atoms with Gasteiger partial charge in [0.2, 0.25) is 5.03 Å². The Morgan fingerprint density at radius 2 is 2.00 bits per heavy atom. The van der Waals surface area contributed by atoms with Crippen LogP contribution in [0, 0.1) is 6.92 Å². The first-order chi connectivity index (χ1) is 11.9. The van der Waals surface area contributed by atoms with Crippen molar-refractivity contribution in [3.63, 3.8) is 0 Å². The molecule has 0 aliphatic carbocycles. The van der Waals surface area contributed by atoms with Crippen LogP contribution in [-0.2, 0) is 17.1 Å². The molecule has 1 fully saturated rings. The van der Waals surface area contributed by atoms with E-state index in [0.29, 0.717) is 18.8 Å². The van der Waals surface area contributed by atoms with Crippen LogP contribution in [0.5, 0.6) is 0 Å². The molecular formula is C16H20N4O3S2. The summed E-state index contributed by atoms with van der Waals surface area (Å²) in [6, 6.07) is 7.34. The normalized spacial score (nSPS) is 15.9. The fourth-order valence-corrected chi connectivity index (χ4v) is 5.34. The van der Waals surface area contributed by atoms with Gasteiger partial charge in [-0.25, -0.2) is 8.42 Å². The SMILES string of the molecule is Cc1cccc(NC(=O)c2cn(C)nc2S(=O)(=O)N2CCSCC2)c1. The molecule has 1 aliphatic heterocycles. The molecule has 0 saturated carbocycles.